The quantitative estimate of drug-likeness (QED) is 0.438. The van der Waals surface area contributed by atoms with E-state index < -0.39 is 23.7 Å². The van der Waals surface area contributed by atoms with E-state index in [1.165, 1.54) is 4.68 Å². The number of carboxylic acid groups (broad SMARTS) is 1. The van der Waals surface area contributed by atoms with E-state index in [4.69, 9.17) is 9.47 Å². The van der Waals surface area contributed by atoms with Gasteiger partial charge in [-0.2, -0.15) is 0 Å². The highest BCUT2D eigenvalue weighted by Gasteiger charge is 2.45. The Morgan fingerprint density at radius 2 is 1.78 bits per heavy atom. The van der Waals surface area contributed by atoms with E-state index in [1.54, 1.807) is 48.5 Å². The van der Waals surface area contributed by atoms with E-state index >= 15 is 0 Å². The molecule has 5 rings (SSSR count). The molecule has 9 nitrogen and oxygen atoms in total. The van der Waals surface area contributed by atoms with Gasteiger partial charge in [0.1, 0.15) is 11.3 Å². The van der Waals surface area contributed by atoms with E-state index in [-0.39, 0.29) is 17.9 Å². The van der Waals surface area contributed by atoms with Gasteiger partial charge in [0.25, 0.3) is 5.56 Å². The second-order valence-electron chi connectivity index (χ2n) is 9.98. The molecule has 0 amide bonds. The molecule has 0 spiro atoms. The average Bonchev–Trinajstić information content (AvgIpc) is 3.35. The van der Waals surface area contributed by atoms with Crippen LogP contribution in [-0.2, 0) is 16.1 Å². The summed E-state index contributed by atoms with van der Waals surface area (Å²) >= 11 is 0. The van der Waals surface area contributed by atoms with Gasteiger partial charge < -0.3 is 14.6 Å². The number of aliphatic carboxylic acids is 1. The third-order valence-corrected chi connectivity index (χ3v) is 7.72. The lowest BCUT2D eigenvalue weighted by molar-refractivity contribution is -0.144. The first-order valence-corrected chi connectivity index (χ1v) is 12.9. The maximum atomic E-state index is 13.3. The molecule has 1 aliphatic carbocycles. The van der Waals surface area contributed by atoms with Crippen molar-refractivity contribution in [3.05, 3.63) is 64.4 Å². The molecule has 3 aromatic rings. The molecule has 194 valence electrons. The van der Waals surface area contributed by atoms with Gasteiger partial charge >= 0.3 is 5.97 Å². The number of ether oxygens (including phenoxy) is 2. The zero-order chi connectivity index (χ0) is 25.8. The first-order valence-electron chi connectivity index (χ1n) is 12.9. The molecule has 0 unspecified atom stereocenters. The molecule has 37 heavy (non-hydrogen) atoms. The maximum Gasteiger partial charge on any atom is 0.307 e. The Bertz CT molecular complexity index is 1320. The molecular weight excluding hydrogens is 474 g/mol. The summed E-state index contributed by atoms with van der Waals surface area (Å²) in [5.41, 5.74) is 0.655. The molecule has 2 fully saturated rings. The predicted octanol–water partition coefficient (Wildman–Crippen LogP) is 3.60. The zero-order valence-electron chi connectivity index (χ0n) is 20.6. The molecule has 9 heteroatoms. The molecule has 1 aromatic heterocycles. The van der Waals surface area contributed by atoms with Crippen LogP contribution in [0.25, 0.3) is 10.9 Å². The number of hydrogen-bond acceptors (Lipinski definition) is 7. The van der Waals surface area contributed by atoms with Gasteiger partial charge in [-0.15, -0.1) is 5.10 Å². The molecule has 1 saturated carbocycles. The third-order valence-electron chi connectivity index (χ3n) is 7.72. The first-order chi connectivity index (χ1) is 18.0. The molecule has 0 radical (unpaired) electrons. The number of benzene rings is 2. The summed E-state index contributed by atoms with van der Waals surface area (Å²) in [4.78, 5) is 38.4. The van der Waals surface area contributed by atoms with Crippen molar-refractivity contribution < 1.29 is 24.2 Å². The van der Waals surface area contributed by atoms with Gasteiger partial charge in [-0.05, 0) is 80.3 Å². The van der Waals surface area contributed by atoms with E-state index in [0.717, 1.165) is 32.5 Å². The lowest BCUT2D eigenvalue weighted by Gasteiger charge is -2.22. The topological polar surface area (TPSA) is 121 Å². The van der Waals surface area contributed by atoms with Crippen LogP contribution in [-0.4, -0.2) is 51.7 Å². The minimum absolute atomic E-state index is 0.108. The van der Waals surface area contributed by atoms with Crippen LogP contribution in [0.1, 0.15) is 42.5 Å². The highest BCUT2D eigenvalue weighted by molar-refractivity contribution is 6.00. The molecule has 1 aliphatic heterocycles. The van der Waals surface area contributed by atoms with E-state index in [1.807, 2.05) is 0 Å². The third kappa shape index (κ3) is 5.56. The number of aromatic nitrogens is 3. The fraction of sp³-hybridized carbons (Fsp3) is 0.464. The fourth-order valence-corrected chi connectivity index (χ4v) is 5.63. The molecule has 2 heterocycles. The summed E-state index contributed by atoms with van der Waals surface area (Å²) in [7, 11) is 0. The van der Waals surface area contributed by atoms with E-state index in [2.05, 4.69) is 10.3 Å². The van der Waals surface area contributed by atoms with Gasteiger partial charge in [-0.1, -0.05) is 17.3 Å². The predicted molar refractivity (Wildman–Crippen MR) is 136 cm³/mol. The molecular formula is C28H31N3O6. The first kappa shape index (κ1) is 25.1. The zero-order valence-corrected chi connectivity index (χ0v) is 20.6. The molecule has 0 bridgehead atoms. The van der Waals surface area contributed by atoms with E-state index in [0.29, 0.717) is 47.6 Å². The Balaban J connectivity index is 1.23. The van der Waals surface area contributed by atoms with Crippen molar-refractivity contribution in [2.45, 2.75) is 38.6 Å². The van der Waals surface area contributed by atoms with Crippen molar-refractivity contribution in [3.8, 4) is 5.75 Å². The number of fused-ring (bicyclic) bond motifs is 1. The van der Waals surface area contributed by atoms with Gasteiger partial charge in [0.2, 0.25) is 0 Å². The molecule has 2 aliphatic rings. The van der Waals surface area contributed by atoms with Crippen molar-refractivity contribution in [2.75, 3.05) is 19.8 Å². The van der Waals surface area contributed by atoms with E-state index in [9.17, 15) is 19.5 Å². The number of carbonyl (C=O) groups is 2. The second-order valence-corrected chi connectivity index (χ2v) is 9.98. The van der Waals surface area contributed by atoms with Gasteiger partial charge in [0.05, 0.1) is 24.5 Å². The summed E-state index contributed by atoms with van der Waals surface area (Å²) < 4.78 is 12.5. The number of rotatable bonds is 9. The molecule has 1 N–H and O–H groups in total. The average molecular weight is 506 g/mol. The standard InChI is InChI=1S/C28H31N3O6/c32-26(19-5-8-21(9-6-19)37-16-13-18-11-14-36-15-12-18)23-10-7-20(25(23)28(34)35)17-31-27(33)22-3-1-2-4-24(22)29-30-31/h1-6,8-9,18,20,23,25H,7,10-17H2,(H,34,35)/t20-,23-,25-/m0/s1. The number of nitrogens with zero attached hydrogens (tertiary/aromatic N) is 3. The summed E-state index contributed by atoms with van der Waals surface area (Å²) in [5.74, 6) is -1.87. The second kappa shape index (κ2) is 11.2. The Labute approximate surface area is 214 Å². The highest BCUT2D eigenvalue weighted by Crippen LogP contribution is 2.40. The Morgan fingerprint density at radius 1 is 1.03 bits per heavy atom. The van der Waals surface area contributed by atoms with Gasteiger partial charge in [0.15, 0.2) is 5.78 Å². The van der Waals surface area contributed by atoms with Gasteiger partial charge in [-0.3, -0.25) is 14.4 Å². The van der Waals surface area contributed by atoms with Crippen LogP contribution in [0.3, 0.4) is 0 Å². The summed E-state index contributed by atoms with van der Waals surface area (Å²) in [5, 5.41) is 18.6. The number of ketones is 1. The van der Waals surface area contributed by atoms with Gasteiger partial charge in [0, 0.05) is 24.7 Å². The number of carbonyl (C=O) groups excluding carboxylic acids is 1. The van der Waals surface area contributed by atoms with Crippen LogP contribution in [0.2, 0.25) is 0 Å². The van der Waals surface area contributed by atoms with Gasteiger partial charge in [-0.25, -0.2) is 4.68 Å². The number of hydrogen-bond donors (Lipinski definition) is 1. The summed E-state index contributed by atoms with van der Waals surface area (Å²) in [6.07, 6.45) is 4.05. The molecule has 3 atom stereocenters. The number of carboxylic acids is 1. The minimum atomic E-state index is -1.03. The molecule has 1 saturated heterocycles. The van der Waals surface area contributed by atoms with Crippen LogP contribution < -0.4 is 10.3 Å². The highest BCUT2D eigenvalue weighted by atomic mass is 16.5. The van der Waals surface area contributed by atoms with Crippen molar-refractivity contribution in [1.82, 2.24) is 15.0 Å². The van der Waals surface area contributed by atoms with Crippen LogP contribution in [0.15, 0.2) is 53.3 Å². The van der Waals surface area contributed by atoms with Crippen molar-refractivity contribution in [2.24, 2.45) is 23.7 Å². The normalized spacial score (nSPS) is 22.2. The van der Waals surface area contributed by atoms with Crippen LogP contribution >= 0.6 is 0 Å². The van der Waals surface area contributed by atoms with Crippen molar-refractivity contribution >= 4 is 22.7 Å². The van der Waals surface area contributed by atoms with Crippen molar-refractivity contribution in [1.29, 1.82) is 0 Å². The Hall–Kier alpha value is -3.59. The van der Waals surface area contributed by atoms with Crippen LogP contribution in [0, 0.1) is 23.7 Å². The Morgan fingerprint density at radius 3 is 2.54 bits per heavy atom. The maximum absolute atomic E-state index is 13.3. The monoisotopic (exact) mass is 505 g/mol. The lowest BCUT2D eigenvalue weighted by Crippen LogP contribution is -2.34. The number of Topliss-reactive ketones (excluding diaryl/α,β-unsaturated/α-hetero) is 1. The van der Waals surface area contributed by atoms with Crippen LogP contribution in [0.5, 0.6) is 5.75 Å². The summed E-state index contributed by atoms with van der Waals surface area (Å²) in [6.45, 7) is 2.35. The smallest absolute Gasteiger partial charge is 0.307 e. The summed E-state index contributed by atoms with van der Waals surface area (Å²) in [6, 6.07) is 13.9. The van der Waals surface area contributed by atoms with Crippen LogP contribution in [0.4, 0.5) is 0 Å². The SMILES string of the molecule is O=C(O)[C@H]1[C@H](Cn2nnc3ccccc3c2=O)CC[C@@H]1C(=O)c1ccc(OCCC2CCOCC2)cc1. The molecule has 2 aromatic carbocycles. The fourth-order valence-electron chi connectivity index (χ4n) is 5.63. The largest absolute Gasteiger partial charge is 0.494 e. The lowest BCUT2D eigenvalue weighted by atomic mass is 9.84. The minimum Gasteiger partial charge on any atom is -0.494 e. The Kier molecular flexibility index (Phi) is 7.60. The van der Waals surface area contributed by atoms with Crippen molar-refractivity contribution in [3.63, 3.8) is 0 Å².